The number of ether oxygens (including phenoxy) is 2. The van der Waals surface area contributed by atoms with Gasteiger partial charge in [-0.15, -0.1) is 0 Å². The molecular weight excluding hydrogens is 337 g/mol. The molecule has 21 heavy (non-hydrogen) atoms. The molecule has 0 aliphatic rings. The average Bonchev–Trinajstić information content (AvgIpc) is 2.51. The zero-order valence-electron chi connectivity index (χ0n) is 12.1. The Morgan fingerprint density at radius 3 is 2.33 bits per heavy atom. The van der Waals surface area contributed by atoms with Gasteiger partial charge in [-0.05, 0) is 35.1 Å². The summed E-state index contributed by atoms with van der Waals surface area (Å²) < 4.78 is 24.8. The highest BCUT2D eigenvalue weighted by molar-refractivity contribution is 9.10. The number of hydrogen-bond acceptors (Lipinski definition) is 3. The predicted octanol–water partition coefficient (Wildman–Crippen LogP) is 3.91. The first-order chi connectivity index (χ1) is 10.1. The fraction of sp³-hybridized carbons (Fsp3) is 0.250. The van der Waals surface area contributed by atoms with Crippen molar-refractivity contribution in [3.8, 4) is 11.5 Å². The van der Waals surface area contributed by atoms with Gasteiger partial charge in [-0.2, -0.15) is 0 Å². The number of hydrogen-bond donors (Lipinski definition) is 1. The Labute approximate surface area is 132 Å². The minimum Gasteiger partial charge on any atom is -0.496 e. The first kappa shape index (κ1) is 15.8. The summed E-state index contributed by atoms with van der Waals surface area (Å²) >= 11 is 3.23. The van der Waals surface area contributed by atoms with Crippen LogP contribution in [0.2, 0.25) is 0 Å². The maximum absolute atomic E-state index is 13.7. The van der Waals surface area contributed by atoms with Gasteiger partial charge in [0, 0.05) is 17.2 Å². The van der Waals surface area contributed by atoms with Crippen molar-refractivity contribution in [2.45, 2.75) is 6.04 Å². The van der Waals surface area contributed by atoms with E-state index in [0.29, 0.717) is 10.2 Å². The molecule has 0 spiro atoms. The molecule has 0 radical (unpaired) electrons. The number of benzene rings is 2. The SMILES string of the molecule is CNC(c1ccccc1OC)c1cc(Br)c(F)cc1OC. The molecule has 2 rings (SSSR count). The van der Waals surface area contributed by atoms with Crippen LogP contribution in [0.25, 0.3) is 0 Å². The lowest BCUT2D eigenvalue weighted by atomic mass is 9.97. The van der Waals surface area contributed by atoms with E-state index in [1.165, 1.54) is 13.2 Å². The van der Waals surface area contributed by atoms with Crippen molar-refractivity contribution >= 4 is 15.9 Å². The first-order valence-corrected chi connectivity index (χ1v) is 7.24. The van der Waals surface area contributed by atoms with Crippen LogP contribution in [0.1, 0.15) is 17.2 Å². The van der Waals surface area contributed by atoms with Gasteiger partial charge >= 0.3 is 0 Å². The standard InChI is InChI=1S/C16H17BrFNO2/c1-19-16(10-6-4-5-7-14(10)20-2)11-8-12(17)13(18)9-15(11)21-3/h4-9,16,19H,1-3H3. The van der Waals surface area contributed by atoms with Crippen molar-refractivity contribution in [1.82, 2.24) is 5.32 Å². The highest BCUT2D eigenvalue weighted by atomic mass is 79.9. The van der Waals surface area contributed by atoms with E-state index >= 15 is 0 Å². The highest BCUT2D eigenvalue weighted by Crippen LogP contribution is 2.36. The molecular formula is C16H17BrFNO2. The summed E-state index contributed by atoms with van der Waals surface area (Å²) in [6.45, 7) is 0. The minimum atomic E-state index is -0.356. The third-order valence-corrected chi connectivity index (χ3v) is 3.93. The first-order valence-electron chi connectivity index (χ1n) is 6.45. The molecule has 112 valence electrons. The maximum Gasteiger partial charge on any atom is 0.141 e. The molecule has 1 N–H and O–H groups in total. The van der Waals surface area contributed by atoms with Crippen LogP contribution in [0.15, 0.2) is 40.9 Å². The molecule has 5 heteroatoms. The lowest BCUT2D eigenvalue weighted by molar-refractivity contribution is 0.393. The molecule has 2 aromatic rings. The van der Waals surface area contributed by atoms with Crippen LogP contribution in [0, 0.1) is 5.82 Å². The highest BCUT2D eigenvalue weighted by Gasteiger charge is 2.21. The maximum atomic E-state index is 13.7. The van der Waals surface area contributed by atoms with Gasteiger partial charge in [0.1, 0.15) is 17.3 Å². The smallest absolute Gasteiger partial charge is 0.141 e. The Morgan fingerprint density at radius 2 is 1.71 bits per heavy atom. The number of halogens is 2. The topological polar surface area (TPSA) is 30.5 Å². The average molecular weight is 354 g/mol. The Hall–Kier alpha value is -1.59. The number of methoxy groups -OCH3 is 2. The normalized spacial score (nSPS) is 12.0. The van der Waals surface area contributed by atoms with Gasteiger partial charge in [0.05, 0.1) is 24.7 Å². The molecule has 0 saturated heterocycles. The van der Waals surface area contributed by atoms with Gasteiger partial charge in [-0.25, -0.2) is 4.39 Å². The van der Waals surface area contributed by atoms with Crippen LogP contribution in [0.5, 0.6) is 11.5 Å². The van der Waals surface area contributed by atoms with Gasteiger partial charge in [-0.1, -0.05) is 18.2 Å². The molecule has 1 atom stereocenters. The molecule has 0 fully saturated rings. The summed E-state index contributed by atoms with van der Waals surface area (Å²) in [5, 5.41) is 3.23. The van der Waals surface area contributed by atoms with E-state index < -0.39 is 0 Å². The Bertz CT molecular complexity index is 634. The van der Waals surface area contributed by atoms with Crippen LogP contribution >= 0.6 is 15.9 Å². The van der Waals surface area contributed by atoms with Crippen LogP contribution in [-0.4, -0.2) is 21.3 Å². The molecule has 0 aliphatic carbocycles. The molecule has 0 aromatic heterocycles. The number of para-hydroxylation sites is 1. The molecule has 1 unspecified atom stereocenters. The van der Waals surface area contributed by atoms with E-state index in [9.17, 15) is 4.39 Å². The van der Waals surface area contributed by atoms with Gasteiger partial charge < -0.3 is 14.8 Å². The van der Waals surface area contributed by atoms with Crippen molar-refractivity contribution < 1.29 is 13.9 Å². The summed E-state index contributed by atoms with van der Waals surface area (Å²) in [5.74, 6) is 0.894. The summed E-state index contributed by atoms with van der Waals surface area (Å²) in [4.78, 5) is 0. The van der Waals surface area contributed by atoms with Crippen LogP contribution < -0.4 is 14.8 Å². The Kier molecular flexibility index (Phi) is 5.20. The van der Waals surface area contributed by atoms with E-state index in [0.717, 1.165) is 16.9 Å². The van der Waals surface area contributed by atoms with Gasteiger partial charge in [0.2, 0.25) is 0 Å². The monoisotopic (exact) mass is 353 g/mol. The number of rotatable bonds is 5. The summed E-state index contributed by atoms with van der Waals surface area (Å²) in [6, 6.07) is 10.6. The quantitative estimate of drug-likeness (QED) is 0.883. The molecule has 0 saturated carbocycles. The fourth-order valence-corrected chi connectivity index (χ4v) is 2.69. The minimum absolute atomic E-state index is 0.173. The van der Waals surface area contributed by atoms with E-state index in [1.807, 2.05) is 31.3 Å². The van der Waals surface area contributed by atoms with Crippen molar-refractivity contribution in [3.63, 3.8) is 0 Å². The van der Waals surface area contributed by atoms with Crippen molar-refractivity contribution in [2.24, 2.45) is 0 Å². The Morgan fingerprint density at radius 1 is 1.05 bits per heavy atom. The summed E-state index contributed by atoms with van der Waals surface area (Å²) in [6.07, 6.45) is 0. The Balaban J connectivity index is 2.58. The second-order valence-corrected chi connectivity index (χ2v) is 5.33. The number of nitrogens with one attached hydrogen (secondary N) is 1. The van der Waals surface area contributed by atoms with Crippen molar-refractivity contribution in [2.75, 3.05) is 21.3 Å². The van der Waals surface area contributed by atoms with Crippen molar-refractivity contribution in [1.29, 1.82) is 0 Å². The van der Waals surface area contributed by atoms with Crippen LogP contribution in [0.3, 0.4) is 0 Å². The molecule has 0 aliphatic heterocycles. The lowest BCUT2D eigenvalue weighted by Gasteiger charge is -2.22. The molecule has 3 nitrogen and oxygen atoms in total. The lowest BCUT2D eigenvalue weighted by Crippen LogP contribution is -2.19. The zero-order valence-corrected chi connectivity index (χ0v) is 13.7. The molecule has 0 amide bonds. The van der Waals surface area contributed by atoms with Gasteiger partial charge in [0.25, 0.3) is 0 Å². The summed E-state index contributed by atoms with van der Waals surface area (Å²) in [5.41, 5.74) is 1.79. The molecule has 0 heterocycles. The van der Waals surface area contributed by atoms with E-state index in [4.69, 9.17) is 9.47 Å². The molecule has 0 bridgehead atoms. The third-order valence-electron chi connectivity index (χ3n) is 3.32. The van der Waals surface area contributed by atoms with Crippen molar-refractivity contribution in [3.05, 3.63) is 57.8 Å². The fourth-order valence-electron chi connectivity index (χ4n) is 2.33. The second-order valence-electron chi connectivity index (χ2n) is 4.47. The van der Waals surface area contributed by atoms with E-state index in [1.54, 1.807) is 13.2 Å². The van der Waals surface area contributed by atoms with Gasteiger partial charge in [-0.3, -0.25) is 0 Å². The van der Waals surface area contributed by atoms with Gasteiger partial charge in [0.15, 0.2) is 0 Å². The zero-order chi connectivity index (χ0) is 15.4. The second kappa shape index (κ2) is 6.91. The summed E-state index contributed by atoms with van der Waals surface area (Å²) in [7, 11) is 5.00. The predicted molar refractivity (Wildman–Crippen MR) is 84.5 cm³/mol. The van der Waals surface area contributed by atoms with Crippen LogP contribution in [-0.2, 0) is 0 Å². The third kappa shape index (κ3) is 3.19. The largest absolute Gasteiger partial charge is 0.496 e. The van der Waals surface area contributed by atoms with E-state index in [2.05, 4.69) is 21.2 Å². The van der Waals surface area contributed by atoms with E-state index in [-0.39, 0.29) is 11.9 Å². The van der Waals surface area contributed by atoms with Crippen LogP contribution in [0.4, 0.5) is 4.39 Å². The molecule has 2 aromatic carbocycles.